The number of rotatable bonds is 7. The minimum absolute atomic E-state index is 0. The molecule has 0 aliphatic carbocycles. The van der Waals surface area contributed by atoms with Gasteiger partial charge in [0.15, 0.2) is 0 Å². The first-order valence-corrected chi connectivity index (χ1v) is 9.13. The number of unbranched alkanes of at least 4 members (excludes halogenated alkanes) is 3. The molecule has 2 aliphatic heterocycles. The van der Waals surface area contributed by atoms with Crippen LogP contribution < -0.4 is 52.9 Å². The van der Waals surface area contributed by atoms with Gasteiger partial charge in [0.2, 0.25) is 0 Å². The number of nitrogens with one attached hydrogen (secondary N) is 1. The first-order chi connectivity index (χ1) is 9.46. The molecular weight excluding hydrogens is 498 g/mol. The van der Waals surface area contributed by atoms with E-state index in [9.17, 15) is 0 Å². The van der Waals surface area contributed by atoms with Gasteiger partial charge in [-0.2, -0.15) is 0 Å². The van der Waals surface area contributed by atoms with Crippen LogP contribution in [-0.2, 0) is 0 Å². The van der Waals surface area contributed by atoms with E-state index >= 15 is 0 Å². The molecule has 0 aromatic heterocycles. The van der Waals surface area contributed by atoms with Gasteiger partial charge in [-0.3, -0.25) is 0 Å². The third-order valence-electron chi connectivity index (χ3n) is 6.81. The Bertz CT molecular complexity index is 283. The monoisotopic (exact) mass is 536 g/mol. The van der Waals surface area contributed by atoms with E-state index in [0.717, 1.165) is 6.04 Å². The maximum Gasteiger partial charge on any atom is 0.0948 e. The zero-order valence-electron chi connectivity index (χ0n) is 15.3. The second kappa shape index (κ2) is 10.4. The van der Waals surface area contributed by atoms with Gasteiger partial charge in [-0.05, 0) is 33.1 Å². The molecule has 134 valence electrons. The Labute approximate surface area is 173 Å². The lowest BCUT2D eigenvalue weighted by Crippen LogP contribution is -3.14. The van der Waals surface area contributed by atoms with Gasteiger partial charge in [0.25, 0.3) is 0 Å². The number of likely N-dealkylation sites (tertiary alicyclic amines) is 2. The maximum absolute atomic E-state index is 2.51. The van der Waals surface area contributed by atoms with Crippen molar-refractivity contribution < 1.29 is 57.3 Å². The third-order valence-corrected chi connectivity index (χ3v) is 6.81. The molecule has 4 heteroatoms. The van der Waals surface area contributed by atoms with E-state index in [-0.39, 0.29) is 48.0 Å². The summed E-state index contributed by atoms with van der Waals surface area (Å²) in [6.45, 7) is 9.20. The van der Waals surface area contributed by atoms with Crippen molar-refractivity contribution in [1.82, 2.24) is 0 Å². The second-order valence-electron chi connectivity index (χ2n) is 8.28. The van der Waals surface area contributed by atoms with Gasteiger partial charge in [0.1, 0.15) is 0 Å². The van der Waals surface area contributed by atoms with Crippen molar-refractivity contribution in [3.63, 3.8) is 0 Å². The maximum atomic E-state index is 2.51. The molecule has 2 fully saturated rings. The molecule has 2 aliphatic rings. The first kappa shape index (κ1) is 23.4. The van der Waals surface area contributed by atoms with Gasteiger partial charge in [-0.25, -0.2) is 0 Å². The van der Waals surface area contributed by atoms with E-state index < -0.39 is 0 Å². The number of quaternary nitrogens is 2. The lowest BCUT2D eigenvalue weighted by molar-refractivity contribution is -0.919. The molecule has 1 N–H and O–H groups in total. The van der Waals surface area contributed by atoms with Crippen LogP contribution in [-0.4, -0.2) is 49.8 Å². The lowest BCUT2D eigenvalue weighted by Gasteiger charge is -2.34. The van der Waals surface area contributed by atoms with E-state index in [1.165, 1.54) is 81.9 Å². The van der Waals surface area contributed by atoms with Crippen LogP contribution in [0.25, 0.3) is 0 Å². The second-order valence-corrected chi connectivity index (χ2v) is 8.28. The van der Waals surface area contributed by atoms with Crippen molar-refractivity contribution in [3.05, 3.63) is 0 Å². The summed E-state index contributed by atoms with van der Waals surface area (Å²) in [6.07, 6.45) is 13.0. The van der Waals surface area contributed by atoms with Crippen LogP contribution in [0.3, 0.4) is 0 Å². The molecule has 0 spiro atoms. The zero-order valence-corrected chi connectivity index (χ0v) is 19.6. The molecule has 2 nitrogen and oxygen atoms in total. The van der Waals surface area contributed by atoms with E-state index in [4.69, 9.17) is 0 Å². The molecule has 0 aromatic carbocycles. The van der Waals surface area contributed by atoms with Crippen molar-refractivity contribution >= 4 is 0 Å². The predicted octanol–water partition coefficient (Wildman–Crippen LogP) is -3.36. The van der Waals surface area contributed by atoms with E-state index in [0.29, 0.717) is 5.54 Å². The highest BCUT2D eigenvalue weighted by molar-refractivity contribution is 4.76. The highest BCUT2D eigenvalue weighted by Crippen LogP contribution is 2.25. The van der Waals surface area contributed by atoms with Gasteiger partial charge >= 0.3 is 0 Å². The van der Waals surface area contributed by atoms with Gasteiger partial charge in [-0.15, -0.1) is 0 Å². The third kappa shape index (κ3) is 6.03. The Morgan fingerprint density at radius 1 is 1.09 bits per heavy atom. The zero-order chi connectivity index (χ0) is 14.6. The van der Waals surface area contributed by atoms with E-state index in [1.54, 1.807) is 4.90 Å². The topological polar surface area (TPSA) is 4.44 Å². The summed E-state index contributed by atoms with van der Waals surface area (Å²) in [5.74, 6) is 0. The molecular formula is C18H38I2N2. The van der Waals surface area contributed by atoms with E-state index in [1.807, 2.05) is 0 Å². The number of hydrogen-bond acceptors (Lipinski definition) is 0. The molecule has 4 atom stereocenters. The summed E-state index contributed by atoms with van der Waals surface area (Å²) in [5.41, 5.74) is 0.599. The lowest BCUT2D eigenvalue weighted by atomic mass is 9.91. The standard InChI is InChI=1S/C18H37N2.2HI/c1-17-11-9-16-20(17,4)15-8-6-5-7-12-18(2)13-10-14-19(18)3;;/h17H,5-16H2,1-4H3;2*1H/q+1;;/p-1. The Morgan fingerprint density at radius 2 is 1.77 bits per heavy atom. The Kier molecular flexibility index (Phi) is 11.0. The number of nitrogens with zero attached hydrogens (tertiary/aromatic N) is 1. The minimum Gasteiger partial charge on any atom is -1.00 e. The fraction of sp³-hybridized carbons (Fsp3) is 1.00. The van der Waals surface area contributed by atoms with Gasteiger partial charge < -0.3 is 57.3 Å². The highest BCUT2D eigenvalue weighted by atomic mass is 127. The summed E-state index contributed by atoms with van der Waals surface area (Å²) in [4.78, 5) is 1.78. The largest absolute Gasteiger partial charge is 1.00 e. The summed E-state index contributed by atoms with van der Waals surface area (Å²) in [7, 11) is 4.88. The molecule has 0 bridgehead atoms. The molecule has 0 amide bonds. The van der Waals surface area contributed by atoms with Crippen molar-refractivity contribution in [2.45, 2.75) is 83.2 Å². The van der Waals surface area contributed by atoms with Crippen molar-refractivity contribution in [2.24, 2.45) is 0 Å². The first-order valence-electron chi connectivity index (χ1n) is 9.13. The van der Waals surface area contributed by atoms with Crippen LogP contribution in [0.15, 0.2) is 0 Å². The average Bonchev–Trinajstić information content (AvgIpc) is 2.90. The van der Waals surface area contributed by atoms with Gasteiger partial charge in [0.05, 0.1) is 45.3 Å². The summed E-state index contributed by atoms with van der Waals surface area (Å²) in [5, 5.41) is 0. The molecule has 2 rings (SSSR count). The summed E-state index contributed by atoms with van der Waals surface area (Å²) < 4.78 is 1.35. The Balaban J connectivity index is 0.00000220. The summed E-state index contributed by atoms with van der Waals surface area (Å²) in [6, 6.07) is 0.907. The highest BCUT2D eigenvalue weighted by Gasteiger charge is 2.37. The van der Waals surface area contributed by atoms with Crippen molar-refractivity contribution in [3.8, 4) is 0 Å². The SMILES string of the molecule is CC1CCC[N+]1(C)CCCCCCC1(C)CCC[NH+]1C.[I-].[I-]. The van der Waals surface area contributed by atoms with Crippen LogP contribution in [0.1, 0.15) is 71.6 Å². The minimum atomic E-state index is 0. The van der Waals surface area contributed by atoms with Gasteiger partial charge in [0, 0.05) is 32.1 Å². The molecule has 2 heterocycles. The van der Waals surface area contributed by atoms with Crippen molar-refractivity contribution in [1.29, 1.82) is 0 Å². The fourth-order valence-electron chi connectivity index (χ4n) is 4.55. The average molecular weight is 536 g/mol. The molecule has 4 unspecified atom stereocenters. The molecule has 0 saturated carbocycles. The quantitative estimate of drug-likeness (QED) is 0.197. The van der Waals surface area contributed by atoms with Crippen molar-refractivity contribution in [2.75, 3.05) is 33.7 Å². The Morgan fingerprint density at radius 3 is 2.32 bits per heavy atom. The van der Waals surface area contributed by atoms with Crippen LogP contribution in [0, 0.1) is 0 Å². The van der Waals surface area contributed by atoms with Gasteiger partial charge in [-0.1, -0.05) is 6.42 Å². The Hall–Kier alpha value is 1.38. The van der Waals surface area contributed by atoms with Crippen LogP contribution in [0.5, 0.6) is 0 Å². The molecule has 0 radical (unpaired) electrons. The van der Waals surface area contributed by atoms with Crippen LogP contribution in [0.2, 0.25) is 0 Å². The molecule has 2 saturated heterocycles. The molecule has 0 aromatic rings. The number of hydrogen-bond donors (Lipinski definition) is 1. The van der Waals surface area contributed by atoms with E-state index in [2.05, 4.69) is 27.9 Å². The van der Waals surface area contributed by atoms with Crippen LogP contribution in [0.4, 0.5) is 0 Å². The predicted molar refractivity (Wildman–Crippen MR) is 87.1 cm³/mol. The smallest absolute Gasteiger partial charge is 0.0948 e. The fourth-order valence-corrected chi connectivity index (χ4v) is 4.55. The van der Waals surface area contributed by atoms with Crippen LogP contribution >= 0.6 is 0 Å². The normalized spacial score (nSPS) is 37.6. The summed E-state index contributed by atoms with van der Waals surface area (Å²) >= 11 is 0. The number of halogens is 2. The molecule has 22 heavy (non-hydrogen) atoms.